The topological polar surface area (TPSA) is 47.6 Å². The molecule has 0 aromatic heterocycles. The highest BCUT2D eigenvalue weighted by Gasteiger charge is 2.15. The maximum absolute atomic E-state index is 11.4. The normalized spacial score (nSPS) is 11.4. The summed E-state index contributed by atoms with van der Waals surface area (Å²) < 4.78 is 10.3. The maximum atomic E-state index is 11.4. The molecule has 0 saturated carbocycles. The summed E-state index contributed by atoms with van der Waals surface area (Å²) in [6.45, 7) is 6.17. The van der Waals surface area contributed by atoms with Crippen LogP contribution < -0.4 is 10.1 Å². The summed E-state index contributed by atoms with van der Waals surface area (Å²) in [5, 5.41) is 2.74. The van der Waals surface area contributed by atoms with Crippen LogP contribution in [-0.4, -0.2) is 25.3 Å². The van der Waals surface area contributed by atoms with Gasteiger partial charge in [0.05, 0.1) is 7.11 Å². The Morgan fingerprint density at radius 3 is 2.48 bits per heavy atom. The molecule has 0 fully saturated rings. The van der Waals surface area contributed by atoms with Crippen molar-refractivity contribution in [3.8, 4) is 5.75 Å². The van der Waals surface area contributed by atoms with Gasteiger partial charge in [0.25, 0.3) is 0 Å². The van der Waals surface area contributed by atoms with Crippen LogP contribution in [0.15, 0.2) is 30.3 Å². The Hall–Kier alpha value is -1.97. The van der Waals surface area contributed by atoms with Crippen molar-refractivity contribution < 1.29 is 14.3 Å². The zero-order valence-electron chi connectivity index (χ0n) is 13.3. The molecule has 0 unspecified atom stereocenters. The number of unbranched alkanes of at least 4 members (excludes halogenated alkanes) is 1. The van der Waals surface area contributed by atoms with Crippen molar-refractivity contribution in [2.24, 2.45) is 0 Å². The molecular weight excluding hydrogens is 266 g/mol. The number of carbonyl (C=O) groups is 1. The lowest BCUT2D eigenvalue weighted by Crippen LogP contribution is -2.32. The number of alkyl carbamates (subject to hydrolysis) is 1. The van der Waals surface area contributed by atoms with Crippen LogP contribution in [-0.2, 0) is 4.74 Å². The van der Waals surface area contributed by atoms with Crippen LogP contribution in [0.4, 0.5) is 4.79 Å². The van der Waals surface area contributed by atoms with Gasteiger partial charge in [-0.05, 0) is 51.3 Å². The minimum atomic E-state index is -0.446. The molecule has 0 saturated heterocycles. The number of rotatable bonds is 6. The molecule has 0 spiro atoms. The van der Waals surface area contributed by atoms with E-state index in [1.165, 1.54) is 0 Å². The highest BCUT2D eigenvalue weighted by molar-refractivity contribution is 5.67. The molecule has 1 N–H and O–H groups in total. The molecule has 1 aromatic rings. The maximum Gasteiger partial charge on any atom is 0.407 e. The molecule has 0 radical (unpaired) electrons. The molecule has 0 atom stereocenters. The number of allylic oxidation sites excluding steroid dienone is 1. The number of hydrogen-bond acceptors (Lipinski definition) is 3. The standard InChI is InChI=1S/C17H25NO3/c1-17(2,3)21-16(19)18-13-7-5-6-8-14-9-11-15(20-4)12-10-14/h6,8-12H,5,7,13H2,1-4H3,(H,18,19)/b8-6+. The number of benzene rings is 1. The first-order valence-corrected chi connectivity index (χ1v) is 7.18. The van der Waals surface area contributed by atoms with E-state index in [2.05, 4.69) is 17.5 Å². The van der Waals surface area contributed by atoms with Crippen LogP contribution in [0.2, 0.25) is 0 Å². The Kier molecular flexibility index (Phi) is 6.79. The minimum absolute atomic E-state index is 0.360. The summed E-state index contributed by atoms with van der Waals surface area (Å²) in [5.41, 5.74) is 0.689. The number of ether oxygens (including phenoxy) is 2. The minimum Gasteiger partial charge on any atom is -0.497 e. The van der Waals surface area contributed by atoms with E-state index in [0.29, 0.717) is 6.54 Å². The van der Waals surface area contributed by atoms with Crippen molar-refractivity contribution in [1.82, 2.24) is 5.32 Å². The average molecular weight is 291 g/mol. The van der Waals surface area contributed by atoms with Crippen LogP contribution in [0, 0.1) is 0 Å². The fraction of sp³-hybridized carbons (Fsp3) is 0.471. The van der Waals surface area contributed by atoms with Gasteiger partial charge in [0, 0.05) is 6.54 Å². The van der Waals surface area contributed by atoms with E-state index in [4.69, 9.17) is 9.47 Å². The van der Waals surface area contributed by atoms with Gasteiger partial charge in [0.15, 0.2) is 0 Å². The van der Waals surface area contributed by atoms with Gasteiger partial charge >= 0.3 is 6.09 Å². The van der Waals surface area contributed by atoms with Gasteiger partial charge in [0.1, 0.15) is 11.4 Å². The smallest absolute Gasteiger partial charge is 0.407 e. The average Bonchev–Trinajstić information content (AvgIpc) is 2.41. The Labute approximate surface area is 127 Å². The van der Waals surface area contributed by atoms with Crippen molar-refractivity contribution in [2.45, 2.75) is 39.2 Å². The third-order valence-corrected chi connectivity index (χ3v) is 2.64. The fourth-order valence-corrected chi connectivity index (χ4v) is 1.66. The monoisotopic (exact) mass is 291 g/mol. The molecule has 0 bridgehead atoms. The lowest BCUT2D eigenvalue weighted by molar-refractivity contribution is 0.0527. The molecule has 4 heteroatoms. The van der Waals surface area contributed by atoms with Crippen molar-refractivity contribution in [1.29, 1.82) is 0 Å². The molecule has 0 aliphatic carbocycles. The Bertz CT molecular complexity index is 458. The number of amides is 1. The van der Waals surface area contributed by atoms with Gasteiger partial charge in [-0.1, -0.05) is 24.3 Å². The molecule has 0 aliphatic heterocycles. The molecule has 1 amide bonds. The summed E-state index contributed by atoms with van der Waals surface area (Å²) in [7, 11) is 1.66. The summed E-state index contributed by atoms with van der Waals surface area (Å²) in [6, 6.07) is 7.88. The van der Waals surface area contributed by atoms with E-state index >= 15 is 0 Å². The highest BCUT2D eigenvalue weighted by atomic mass is 16.6. The number of hydrogen-bond donors (Lipinski definition) is 1. The van der Waals surface area contributed by atoms with E-state index in [0.717, 1.165) is 24.2 Å². The second-order valence-electron chi connectivity index (χ2n) is 5.75. The first-order chi connectivity index (χ1) is 9.90. The second-order valence-corrected chi connectivity index (χ2v) is 5.75. The highest BCUT2D eigenvalue weighted by Crippen LogP contribution is 2.12. The predicted molar refractivity (Wildman–Crippen MR) is 85.5 cm³/mol. The van der Waals surface area contributed by atoms with Gasteiger partial charge in [0.2, 0.25) is 0 Å². The fourth-order valence-electron chi connectivity index (χ4n) is 1.66. The molecule has 21 heavy (non-hydrogen) atoms. The van der Waals surface area contributed by atoms with E-state index in [1.807, 2.05) is 45.0 Å². The third kappa shape index (κ3) is 8.02. The van der Waals surface area contributed by atoms with Crippen LogP contribution in [0.5, 0.6) is 5.75 Å². The SMILES string of the molecule is COc1ccc(/C=C/CCCNC(=O)OC(C)(C)C)cc1. The van der Waals surface area contributed by atoms with Crippen molar-refractivity contribution >= 4 is 12.2 Å². The Morgan fingerprint density at radius 1 is 1.24 bits per heavy atom. The summed E-state index contributed by atoms with van der Waals surface area (Å²) in [4.78, 5) is 11.4. The van der Waals surface area contributed by atoms with Gasteiger partial charge in [-0.3, -0.25) is 0 Å². The van der Waals surface area contributed by atoms with Gasteiger partial charge in [-0.2, -0.15) is 0 Å². The van der Waals surface area contributed by atoms with E-state index in [-0.39, 0.29) is 6.09 Å². The first-order valence-electron chi connectivity index (χ1n) is 7.18. The molecule has 1 aromatic carbocycles. The largest absolute Gasteiger partial charge is 0.497 e. The number of carbonyl (C=O) groups excluding carboxylic acids is 1. The molecular formula is C17H25NO3. The van der Waals surface area contributed by atoms with Crippen LogP contribution in [0.25, 0.3) is 6.08 Å². The van der Waals surface area contributed by atoms with E-state index in [1.54, 1.807) is 7.11 Å². The summed E-state index contributed by atoms with van der Waals surface area (Å²) >= 11 is 0. The third-order valence-electron chi connectivity index (χ3n) is 2.64. The van der Waals surface area contributed by atoms with Gasteiger partial charge in [-0.25, -0.2) is 4.79 Å². The quantitative estimate of drug-likeness (QED) is 0.805. The van der Waals surface area contributed by atoms with E-state index in [9.17, 15) is 4.79 Å². The van der Waals surface area contributed by atoms with Crippen molar-refractivity contribution in [3.63, 3.8) is 0 Å². The van der Waals surface area contributed by atoms with Crippen LogP contribution in [0.1, 0.15) is 39.2 Å². The molecule has 0 heterocycles. The summed E-state index contributed by atoms with van der Waals surface area (Å²) in [6.07, 6.45) is 5.58. The Balaban J connectivity index is 2.18. The molecule has 0 aliphatic rings. The second kappa shape index (κ2) is 8.35. The number of methoxy groups -OCH3 is 1. The van der Waals surface area contributed by atoms with Crippen molar-refractivity contribution in [3.05, 3.63) is 35.9 Å². The lowest BCUT2D eigenvalue weighted by Gasteiger charge is -2.19. The lowest BCUT2D eigenvalue weighted by atomic mass is 10.2. The number of nitrogens with one attached hydrogen (secondary N) is 1. The van der Waals surface area contributed by atoms with Crippen molar-refractivity contribution in [2.75, 3.05) is 13.7 Å². The van der Waals surface area contributed by atoms with Gasteiger partial charge in [-0.15, -0.1) is 0 Å². The zero-order valence-corrected chi connectivity index (χ0v) is 13.3. The van der Waals surface area contributed by atoms with Crippen LogP contribution in [0.3, 0.4) is 0 Å². The summed E-state index contributed by atoms with van der Waals surface area (Å²) in [5.74, 6) is 0.855. The molecule has 116 valence electrons. The predicted octanol–water partition coefficient (Wildman–Crippen LogP) is 4.01. The molecule has 1 rings (SSSR count). The zero-order chi connectivity index (χ0) is 15.7. The van der Waals surface area contributed by atoms with Gasteiger partial charge < -0.3 is 14.8 Å². The Morgan fingerprint density at radius 2 is 1.90 bits per heavy atom. The van der Waals surface area contributed by atoms with E-state index < -0.39 is 5.60 Å². The van der Waals surface area contributed by atoms with Crippen LogP contribution >= 0.6 is 0 Å². The molecule has 4 nitrogen and oxygen atoms in total. The first kappa shape index (κ1) is 17.1.